The quantitative estimate of drug-likeness (QED) is 0.473. The number of hydrogen-bond donors (Lipinski definition) is 2. The maximum absolute atomic E-state index is 8.91. The lowest BCUT2D eigenvalue weighted by molar-refractivity contribution is 0.176. The third-order valence-corrected chi connectivity index (χ3v) is 1.40. The minimum atomic E-state index is -0.515. The molecule has 0 radical (unpaired) electrons. The van der Waals surface area contributed by atoms with Crippen LogP contribution >= 0.6 is 0 Å². The second-order valence-corrected chi connectivity index (χ2v) is 2.45. The van der Waals surface area contributed by atoms with E-state index in [0.717, 1.165) is 19.0 Å². The maximum Gasteiger partial charge on any atom is 0.195 e. The Bertz CT molecular complexity index is 144. The largest absolute Gasteiger partial charge is 0.374 e. The van der Waals surface area contributed by atoms with E-state index in [2.05, 4.69) is 10.3 Å². The third kappa shape index (κ3) is 1.60. The van der Waals surface area contributed by atoms with Crippen molar-refractivity contribution in [1.82, 2.24) is 10.2 Å². The lowest BCUT2D eigenvalue weighted by Crippen LogP contribution is -2.40. The van der Waals surface area contributed by atoms with Crippen molar-refractivity contribution in [3.05, 3.63) is 0 Å². The zero-order valence-electron chi connectivity index (χ0n) is 6.33. The van der Waals surface area contributed by atoms with E-state index in [4.69, 9.17) is 5.11 Å². The molecule has 4 nitrogen and oxygen atoms in total. The number of likely N-dealkylation sites (N-methyl/N-ethyl adjacent to an activating group) is 1. The number of nitrogens with zero attached hydrogens (tertiary/aromatic N) is 2. The molecule has 1 unspecified atom stereocenters. The van der Waals surface area contributed by atoms with Crippen LogP contribution in [0.1, 0.15) is 6.92 Å². The predicted octanol–water partition coefficient (Wildman–Crippen LogP) is -0.784. The molecule has 0 amide bonds. The van der Waals surface area contributed by atoms with Crippen LogP contribution in [0.2, 0.25) is 0 Å². The minimum Gasteiger partial charge on any atom is -0.374 e. The average Bonchev–Trinajstić information content (AvgIpc) is 2.15. The van der Waals surface area contributed by atoms with Crippen molar-refractivity contribution in [2.75, 3.05) is 20.1 Å². The summed E-state index contributed by atoms with van der Waals surface area (Å²) in [6, 6.07) is 0. The smallest absolute Gasteiger partial charge is 0.195 e. The van der Waals surface area contributed by atoms with Gasteiger partial charge < -0.3 is 15.3 Å². The van der Waals surface area contributed by atoms with Gasteiger partial charge in [0.25, 0.3) is 0 Å². The zero-order chi connectivity index (χ0) is 7.56. The first-order valence-electron chi connectivity index (χ1n) is 3.40. The maximum atomic E-state index is 8.91. The van der Waals surface area contributed by atoms with E-state index in [9.17, 15) is 0 Å². The number of aliphatic imine (C=N–C) groups is 1. The molecule has 1 atom stereocenters. The van der Waals surface area contributed by atoms with Gasteiger partial charge in [0.05, 0.1) is 6.54 Å². The van der Waals surface area contributed by atoms with Gasteiger partial charge >= 0.3 is 0 Å². The molecule has 0 spiro atoms. The van der Waals surface area contributed by atoms with Gasteiger partial charge in [0.15, 0.2) is 5.96 Å². The summed E-state index contributed by atoms with van der Waals surface area (Å²) in [5.41, 5.74) is 0. The molecule has 0 aromatic heterocycles. The molecule has 58 valence electrons. The molecule has 2 N–H and O–H groups in total. The van der Waals surface area contributed by atoms with Gasteiger partial charge in [0.1, 0.15) is 6.23 Å². The Morgan fingerprint density at radius 2 is 2.50 bits per heavy atom. The molecule has 4 heteroatoms. The molecular formula is C6H13N3O. The average molecular weight is 143 g/mol. The van der Waals surface area contributed by atoms with Crippen LogP contribution in [-0.4, -0.2) is 42.3 Å². The Morgan fingerprint density at radius 3 is 2.90 bits per heavy atom. The highest BCUT2D eigenvalue weighted by Crippen LogP contribution is 1.94. The second kappa shape index (κ2) is 2.88. The van der Waals surface area contributed by atoms with Gasteiger partial charge in [-0.05, 0) is 6.92 Å². The van der Waals surface area contributed by atoms with Crippen LogP contribution in [0.5, 0.6) is 0 Å². The molecule has 0 bridgehead atoms. The molecule has 1 heterocycles. The molecule has 0 aromatic carbocycles. The number of hydrogen-bond acceptors (Lipinski definition) is 4. The number of nitrogens with one attached hydrogen (secondary N) is 1. The van der Waals surface area contributed by atoms with Crippen LogP contribution in [0.25, 0.3) is 0 Å². The van der Waals surface area contributed by atoms with Crippen LogP contribution in [0.15, 0.2) is 4.99 Å². The monoisotopic (exact) mass is 143 g/mol. The van der Waals surface area contributed by atoms with E-state index in [1.54, 1.807) is 6.92 Å². The molecule has 0 aliphatic carbocycles. The Hall–Kier alpha value is -0.770. The summed E-state index contributed by atoms with van der Waals surface area (Å²) in [5, 5.41) is 11.7. The summed E-state index contributed by atoms with van der Waals surface area (Å²) in [6.07, 6.45) is -0.515. The van der Waals surface area contributed by atoms with Gasteiger partial charge in [-0.1, -0.05) is 0 Å². The molecule has 0 aromatic rings. The van der Waals surface area contributed by atoms with Crippen LogP contribution in [-0.2, 0) is 0 Å². The molecule has 0 saturated carbocycles. The van der Waals surface area contributed by atoms with Crippen molar-refractivity contribution in [1.29, 1.82) is 0 Å². The fraction of sp³-hybridized carbons (Fsp3) is 0.833. The van der Waals surface area contributed by atoms with Crippen molar-refractivity contribution >= 4 is 5.96 Å². The first-order chi connectivity index (χ1) is 4.70. The summed E-state index contributed by atoms with van der Waals surface area (Å²) >= 11 is 0. The molecule has 1 aliphatic rings. The fourth-order valence-electron chi connectivity index (χ4n) is 0.875. The summed E-state index contributed by atoms with van der Waals surface area (Å²) < 4.78 is 0. The lowest BCUT2D eigenvalue weighted by Gasteiger charge is -2.16. The van der Waals surface area contributed by atoms with Gasteiger partial charge in [-0.15, -0.1) is 0 Å². The lowest BCUT2D eigenvalue weighted by atomic mass is 10.6. The van der Waals surface area contributed by atoms with Crippen LogP contribution in [0.3, 0.4) is 0 Å². The number of rotatable bonds is 1. The van der Waals surface area contributed by atoms with E-state index in [-0.39, 0.29) is 0 Å². The van der Waals surface area contributed by atoms with Gasteiger partial charge in [0, 0.05) is 13.6 Å². The SMILES string of the molecule is CC(O)NC1=NCCN1C. The van der Waals surface area contributed by atoms with Gasteiger partial charge in [0.2, 0.25) is 0 Å². The van der Waals surface area contributed by atoms with Crippen molar-refractivity contribution in [3.8, 4) is 0 Å². The molecule has 0 fully saturated rings. The summed E-state index contributed by atoms with van der Waals surface area (Å²) in [6.45, 7) is 3.44. The van der Waals surface area contributed by atoms with Crippen LogP contribution in [0, 0.1) is 0 Å². The van der Waals surface area contributed by atoms with Crippen LogP contribution < -0.4 is 5.32 Å². The Balaban J connectivity index is 2.40. The highest BCUT2D eigenvalue weighted by molar-refractivity contribution is 5.81. The van der Waals surface area contributed by atoms with Crippen molar-refractivity contribution in [3.63, 3.8) is 0 Å². The van der Waals surface area contributed by atoms with Gasteiger partial charge in [-0.25, -0.2) is 0 Å². The highest BCUT2D eigenvalue weighted by Gasteiger charge is 2.12. The topological polar surface area (TPSA) is 47.9 Å². The van der Waals surface area contributed by atoms with Crippen molar-refractivity contribution < 1.29 is 5.11 Å². The Kier molecular flexibility index (Phi) is 2.11. The molecule has 1 rings (SSSR count). The number of aliphatic hydroxyl groups excluding tert-OH is 1. The van der Waals surface area contributed by atoms with E-state index < -0.39 is 6.23 Å². The first kappa shape index (κ1) is 7.34. The number of aliphatic hydroxyl groups is 1. The summed E-state index contributed by atoms with van der Waals surface area (Å²) in [7, 11) is 1.95. The third-order valence-electron chi connectivity index (χ3n) is 1.40. The zero-order valence-corrected chi connectivity index (χ0v) is 6.33. The summed E-state index contributed by atoms with van der Waals surface area (Å²) in [4.78, 5) is 6.11. The number of guanidine groups is 1. The van der Waals surface area contributed by atoms with E-state index in [1.165, 1.54) is 0 Å². The first-order valence-corrected chi connectivity index (χ1v) is 3.40. The molecular weight excluding hydrogens is 130 g/mol. The molecule has 0 saturated heterocycles. The molecule has 1 aliphatic heterocycles. The van der Waals surface area contributed by atoms with Gasteiger partial charge in [-0.3, -0.25) is 4.99 Å². The van der Waals surface area contributed by atoms with E-state index >= 15 is 0 Å². The normalized spacial score (nSPS) is 20.7. The molecule has 10 heavy (non-hydrogen) atoms. The predicted molar refractivity (Wildman–Crippen MR) is 39.7 cm³/mol. The van der Waals surface area contributed by atoms with E-state index in [1.807, 2.05) is 11.9 Å². The fourth-order valence-corrected chi connectivity index (χ4v) is 0.875. The van der Waals surface area contributed by atoms with Gasteiger partial charge in [-0.2, -0.15) is 0 Å². The Morgan fingerprint density at radius 1 is 1.80 bits per heavy atom. The Labute approximate surface area is 60.6 Å². The van der Waals surface area contributed by atoms with E-state index in [0.29, 0.717) is 0 Å². The van der Waals surface area contributed by atoms with Crippen molar-refractivity contribution in [2.24, 2.45) is 4.99 Å². The standard InChI is InChI=1S/C6H13N3O/c1-5(10)8-6-7-3-4-9(6)2/h5,10H,3-4H2,1-2H3,(H,7,8). The van der Waals surface area contributed by atoms with Crippen LogP contribution in [0.4, 0.5) is 0 Å². The summed E-state index contributed by atoms with van der Waals surface area (Å²) in [5.74, 6) is 0.787. The second-order valence-electron chi connectivity index (χ2n) is 2.45. The highest BCUT2D eigenvalue weighted by atomic mass is 16.3. The minimum absolute atomic E-state index is 0.515. The van der Waals surface area contributed by atoms with Crippen molar-refractivity contribution in [2.45, 2.75) is 13.2 Å².